The van der Waals surface area contributed by atoms with Gasteiger partial charge < -0.3 is 14.4 Å². The minimum absolute atomic E-state index is 0.0192. The van der Waals surface area contributed by atoms with Crippen molar-refractivity contribution in [2.45, 2.75) is 52.1 Å². The molecular weight excluding hydrogens is 282 g/mol. The number of aryl methyl sites for hydroxylation is 1. The van der Waals surface area contributed by atoms with Gasteiger partial charge in [0.15, 0.2) is 0 Å². The molecule has 0 aliphatic carbocycles. The fourth-order valence-electron chi connectivity index (χ4n) is 2.44. The molecule has 6 nitrogen and oxygen atoms in total. The summed E-state index contributed by atoms with van der Waals surface area (Å²) in [5.74, 6) is 0.0633. The Morgan fingerprint density at radius 3 is 2.68 bits per heavy atom. The summed E-state index contributed by atoms with van der Waals surface area (Å²) >= 11 is 0. The van der Waals surface area contributed by atoms with Crippen molar-refractivity contribution in [1.29, 1.82) is 0 Å². The molecule has 0 radical (unpaired) electrons. The molecule has 1 fully saturated rings. The first-order valence-corrected chi connectivity index (χ1v) is 7.83. The number of ketones is 1. The van der Waals surface area contributed by atoms with E-state index in [-0.39, 0.29) is 24.2 Å². The maximum Gasteiger partial charge on any atom is 0.316 e. The zero-order chi connectivity index (χ0) is 15.9. The fourth-order valence-corrected chi connectivity index (χ4v) is 2.44. The van der Waals surface area contributed by atoms with Gasteiger partial charge in [0.1, 0.15) is 11.9 Å². The maximum atomic E-state index is 12.1. The first-order valence-electron chi connectivity index (χ1n) is 7.83. The van der Waals surface area contributed by atoms with Crippen LogP contribution in [0.3, 0.4) is 0 Å². The lowest BCUT2D eigenvalue weighted by atomic mass is 10.1. The van der Waals surface area contributed by atoms with Crippen molar-refractivity contribution in [2.75, 3.05) is 13.1 Å². The van der Waals surface area contributed by atoms with Crippen LogP contribution in [0.4, 0.5) is 0 Å². The second kappa shape index (κ2) is 7.87. The van der Waals surface area contributed by atoms with Gasteiger partial charge in [-0.3, -0.25) is 4.79 Å². The number of carbonyl (C=O) groups excluding carboxylic acids is 2. The molecule has 1 atom stereocenters. The second-order valence-electron chi connectivity index (χ2n) is 5.65. The van der Waals surface area contributed by atoms with E-state index in [1.165, 1.54) is 6.92 Å². The Morgan fingerprint density at radius 1 is 1.32 bits per heavy atom. The molecule has 1 aliphatic rings. The van der Waals surface area contributed by atoms with Gasteiger partial charge in [-0.25, -0.2) is 9.97 Å². The molecule has 2 heterocycles. The highest BCUT2D eigenvalue weighted by Gasteiger charge is 2.25. The third kappa shape index (κ3) is 4.79. The first kappa shape index (κ1) is 16.4. The summed E-state index contributed by atoms with van der Waals surface area (Å²) in [4.78, 5) is 33.2. The average molecular weight is 305 g/mol. The molecule has 0 N–H and O–H groups in total. The van der Waals surface area contributed by atoms with E-state index in [1.54, 1.807) is 17.3 Å². The maximum absolute atomic E-state index is 12.1. The second-order valence-corrected chi connectivity index (χ2v) is 5.65. The van der Waals surface area contributed by atoms with Crippen LogP contribution in [0.15, 0.2) is 12.4 Å². The van der Waals surface area contributed by atoms with Crippen LogP contribution in [-0.2, 0) is 16.0 Å². The van der Waals surface area contributed by atoms with E-state index in [4.69, 9.17) is 4.74 Å². The Kier molecular flexibility index (Phi) is 5.86. The van der Waals surface area contributed by atoms with E-state index in [0.717, 1.165) is 31.4 Å². The number of aromatic nitrogens is 2. The molecule has 6 heteroatoms. The van der Waals surface area contributed by atoms with Crippen molar-refractivity contribution in [3.63, 3.8) is 0 Å². The van der Waals surface area contributed by atoms with Crippen molar-refractivity contribution in [3.8, 4) is 6.01 Å². The summed E-state index contributed by atoms with van der Waals surface area (Å²) in [6, 6.07) is 0.361. The van der Waals surface area contributed by atoms with Crippen molar-refractivity contribution in [3.05, 3.63) is 18.0 Å². The van der Waals surface area contributed by atoms with E-state index in [0.29, 0.717) is 19.0 Å². The van der Waals surface area contributed by atoms with Crippen LogP contribution in [0.25, 0.3) is 0 Å². The highest BCUT2D eigenvalue weighted by Crippen LogP contribution is 2.16. The number of carbonyl (C=O) groups is 2. The smallest absolute Gasteiger partial charge is 0.316 e. The van der Waals surface area contributed by atoms with Crippen LogP contribution in [0.1, 0.15) is 45.1 Å². The fraction of sp³-hybridized carbons (Fsp3) is 0.625. The number of amides is 1. The molecular formula is C16H23N3O3. The summed E-state index contributed by atoms with van der Waals surface area (Å²) in [7, 11) is 0. The van der Waals surface area contributed by atoms with Gasteiger partial charge in [-0.15, -0.1) is 0 Å². The topological polar surface area (TPSA) is 72.4 Å². The Bertz CT molecular complexity index is 516. The lowest BCUT2D eigenvalue weighted by Crippen LogP contribution is -2.44. The van der Waals surface area contributed by atoms with Crippen molar-refractivity contribution < 1.29 is 14.3 Å². The van der Waals surface area contributed by atoms with Crippen LogP contribution < -0.4 is 4.74 Å². The number of Topliss-reactive ketones (excluding diaryl/α,β-unsaturated/α-hetero) is 1. The molecule has 0 bridgehead atoms. The number of hydrogen-bond acceptors (Lipinski definition) is 5. The average Bonchev–Trinajstić information content (AvgIpc) is 2.53. The van der Waals surface area contributed by atoms with Gasteiger partial charge in [0.2, 0.25) is 5.91 Å². The number of piperidine rings is 1. The third-order valence-corrected chi connectivity index (χ3v) is 3.78. The summed E-state index contributed by atoms with van der Waals surface area (Å²) in [6.07, 6.45) is 6.71. The molecule has 1 amide bonds. The lowest BCUT2D eigenvalue weighted by molar-refractivity contribution is -0.135. The van der Waals surface area contributed by atoms with E-state index in [9.17, 15) is 9.59 Å². The van der Waals surface area contributed by atoms with Crippen molar-refractivity contribution in [1.82, 2.24) is 14.9 Å². The number of hydrogen-bond donors (Lipinski definition) is 0. The molecule has 1 aliphatic heterocycles. The van der Waals surface area contributed by atoms with Crippen LogP contribution in [0.2, 0.25) is 0 Å². The normalized spacial score (nSPS) is 18.1. The Morgan fingerprint density at radius 2 is 2.05 bits per heavy atom. The molecule has 22 heavy (non-hydrogen) atoms. The monoisotopic (exact) mass is 305 g/mol. The van der Waals surface area contributed by atoms with E-state index >= 15 is 0 Å². The summed E-state index contributed by atoms with van der Waals surface area (Å²) in [5, 5.41) is 0. The largest absolute Gasteiger partial charge is 0.458 e. The van der Waals surface area contributed by atoms with Gasteiger partial charge >= 0.3 is 6.01 Å². The number of rotatable bonds is 6. The number of ether oxygens (including phenoxy) is 1. The van der Waals surface area contributed by atoms with E-state index in [1.807, 2.05) is 6.92 Å². The Hall–Kier alpha value is -1.98. The summed E-state index contributed by atoms with van der Waals surface area (Å²) < 4.78 is 5.78. The molecule has 0 spiro atoms. The Labute approximate surface area is 130 Å². The highest BCUT2D eigenvalue weighted by atomic mass is 16.5. The SMILES string of the molecule is CCc1cnc(OC2CCCN(C(=O)CCC(C)=O)C2)nc1. The van der Waals surface area contributed by atoms with Gasteiger partial charge in [0, 0.05) is 31.8 Å². The summed E-state index contributed by atoms with van der Waals surface area (Å²) in [5.41, 5.74) is 1.07. The molecule has 1 unspecified atom stereocenters. The third-order valence-electron chi connectivity index (χ3n) is 3.78. The first-order chi connectivity index (χ1) is 10.6. The van der Waals surface area contributed by atoms with Crippen LogP contribution in [0.5, 0.6) is 6.01 Å². The molecule has 120 valence electrons. The van der Waals surface area contributed by atoms with Crippen LogP contribution in [0, 0.1) is 0 Å². The minimum Gasteiger partial charge on any atom is -0.458 e. The number of likely N-dealkylation sites (tertiary alicyclic amines) is 1. The zero-order valence-corrected chi connectivity index (χ0v) is 13.2. The molecule has 0 aromatic carbocycles. The van der Waals surface area contributed by atoms with Gasteiger partial charge in [-0.1, -0.05) is 6.92 Å². The van der Waals surface area contributed by atoms with Crippen molar-refractivity contribution in [2.24, 2.45) is 0 Å². The van der Waals surface area contributed by atoms with E-state index < -0.39 is 0 Å². The van der Waals surface area contributed by atoms with Crippen LogP contribution in [-0.4, -0.2) is 45.8 Å². The molecule has 1 saturated heterocycles. The van der Waals surface area contributed by atoms with Crippen molar-refractivity contribution >= 4 is 11.7 Å². The predicted octanol–water partition coefficient (Wildman–Crippen LogP) is 1.78. The quantitative estimate of drug-likeness (QED) is 0.801. The predicted molar refractivity (Wildman–Crippen MR) is 81.6 cm³/mol. The molecule has 0 saturated carbocycles. The Balaban J connectivity index is 1.86. The number of nitrogens with zero attached hydrogens (tertiary/aromatic N) is 3. The summed E-state index contributed by atoms with van der Waals surface area (Å²) in [6.45, 7) is 4.82. The molecule has 1 aromatic heterocycles. The zero-order valence-electron chi connectivity index (χ0n) is 13.2. The van der Waals surface area contributed by atoms with Gasteiger partial charge in [-0.2, -0.15) is 0 Å². The van der Waals surface area contributed by atoms with Gasteiger partial charge in [0.05, 0.1) is 6.54 Å². The standard InChI is InChI=1S/C16H23N3O3/c1-3-13-9-17-16(18-10-13)22-14-5-4-8-19(11-14)15(21)7-6-12(2)20/h9-10,14H,3-8,11H2,1-2H3. The van der Waals surface area contributed by atoms with E-state index in [2.05, 4.69) is 9.97 Å². The minimum atomic E-state index is -0.0810. The van der Waals surface area contributed by atoms with Gasteiger partial charge in [0.25, 0.3) is 0 Å². The molecule has 2 rings (SSSR count). The van der Waals surface area contributed by atoms with Gasteiger partial charge in [-0.05, 0) is 31.7 Å². The lowest BCUT2D eigenvalue weighted by Gasteiger charge is -2.32. The highest BCUT2D eigenvalue weighted by molar-refractivity contribution is 5.83. The molecule has 1 aromatic rings. The van der Waals surface area contributed by atoms with Crippen LogP contribution >= 0.6 is 0 Å².